The van der Waals surface area contributed by atoms with Crippen LogP contribution in [0.5, 0.6) is 11.5 Å². The second kappa shape index (κ2) is 10.5. The van der Waals surface area contributed by atoms with E-state index in [9.17, 15) is 9.18 Å². The van der Waals surface area contributed by atoms with Crippen LogP contribution in [0.4, 0.5) is 10.2 Å². The van der Waals surface area contributed by atoms with Gasteiger partial charge in [0.1, 0.15) is 35.1 Å². The largest absolute Gasteiger partial charge is 0.457 e. The first kappa shape index (κ1) is 25.1. The molecule has 2 aliphatic rings. The molecule has 9 heteroatoms. The number of fused-ring (bicyclic) bond motifs is 1. The first-order valence-electron chi connectivity index (χ1n) is 13.3. The van der Waals surface area contributed by atoms with Crippen LogP contribution in [-0.2, 0) is 4.79 Å². The Hall–Kier alpha value is -4.24. The van der Waals surface area contributed by atoms with E-state index >= 15 is 0 Å². The lowest BCUT2D eigenvalue weighted by Crippen LogP contribution is -2.28. The van der Waals surface area contributed by atoms with Gasteiger partial charge in [-0.15, -0.1) is 0 Å². The third-order valence-electron chi connectivity index (χ3n) is 7.41. The highest BCUT2D eigenvalue weighted by molar-refractivity contribution is 6.03. The molecule has 2 fully saturated rings. The fourth-order valence-electron chi connectivity index (χ4n) is 5.49. The maximum absolute atomic E-state index is 13.6. The van der Waals surface area contributed by atoms with Gasteiger partial charge in [-0.05, 0) is 62.1 Å². The number of likely N-dealkylation sites (tertiary alicyclic amines) is 1. The monoisotopic (exact) mass is 526 g/mol. The van der Waals surface area contributed by atoms with Crippen LogP contribution in [0, 0.1) is 5.82 Å². The Morgan fingerprint density at radius 2 is 1.97 bits per heavy atom. The number of nitrogens with two attached hydrogens (primary N) is 1. The van der Waals surface area contributed by atoms with Crippen LogP contribution < -0.4 is 15.8 Å². The third kappa shape index (κ3) is 4.97. The van der Waals surface area contributed by atoms with Gasteiger partial charge >= 0.3 is 0 Å². The highest BCUT2D eigenvalue weighted by atomic mass is 19.1. The molecule has 39 heavy (non-hydrogen) atoms. The summed E-state index contributed by atoms with van der Waals surface area (Å²) in [5, 5.41) is 3.87. The first-order valence-corrected chi connectivity index (χ1v) is 13.3. The molecule has 8 nitrogen and oxygen atoms in total. The van der Waals surface area contributed by atoms with Crippen molar-refractivity contribution in [1.29, 1.82) is 0 Å². The molecule has 3 heterocycles. The molecule has 1 saturated carbocycles. The van der Waals surface area contributed by atoms with Crippen molar-refractivity contribution in [3.63, 3.8) is 0 Å². The summed E-state index contributed by atoms with van der Waals surface area (Å²) in [7, 11) is 1.85. The van der Waals surface area contributed by atoms with Crippen LogP contribution in [-0.4, -0.2) is 52.0 Å². The number of nitrogen functional groups attached to an aromatic ring is 1. The summed E-state index contributed by atoms with van der Waals surface area (Å²) in [4.78, 5) is 23.7. The Morgan fingerprint density at radius 1 is 1.15 bits per heavy atom. The molecule has 0 spiro atoms. The number of benzene rings is 2. The lowest BCUT2D eigenvalue weighted by molar-refractivity contribution is -0.125. The maximum atomic E-state index is 13.6. The number of halogens is 1. The normalized spacial score (nSPS) is 17.4. The number of amides is 1. The van der Waals surface area contributed by atoms with E-state index in [0.717, 1.165) is 41.4 Å². The summed E-state index contributed by atoms with van der Waals surface area (Å²) in [5.41, 5.74) is 10.5. The number of anilines is 1. The van der Waals surface area contributed by atoms with E-state index in [1.807, 2.05) is 42.3 Å². The molecule has 1 amide bonds. The van der Waals surface area contributed by atoms with Gasteiger partial charge in [0.15, 0.2) is 0 Å². The molecule has 2 aromatic carbocycles. The molecule has 0 bridgehead atoms. The fraction of sp³-hybridized carbons (Fsp3) is 0.300. The molecule has 4 aromatic rings. The van der Waals surface area contributed by atoms with Gasteiger partial charge in [-0.2, -0.15) is 0 Å². The fourth-order valence-corrected chi connectivity index (χ4v) is 5.49. The lowest BCUT2D eigenvalue weighted by Gasteiger charge is -2.19. The van der Waals surface area contributed by atoms with E-state index in [4.69, 9.17) is 15.5 Å². The topological polar surface area (TPSA) is 98.3 Å². The van der Waals surface area contributed by atoms with Gasteiger partial charge in [0.05, 0.1) is 11.4 Å². The molecule has 0 unspecified atom stereocenters. The Balaban J connectivity index is 1.37. The summed E-state index contributed by atoms with van der Waals surface area (Å²) < 4.78 is 21.8. The summed E-state index contributed by atoms with van der Waals surface area (Å²) in [6, 6.07) is 14.0. The van der Waals surface area contributed by atoms with Crippen molar-refractivity contribution in [2.75, 3.05) is 32.4 Å². The van der Waals surface area contributed by atoms with Crippen molar-refractivity contribution >= 4 is 22.8 Å². The Morgan fingerprint density at radius 3 is 2.72 bits per heavy atom. The second-order valence-electron chi connectivity index (χ2n) is 10.1. The molecule has 6 rings (SSSR count). The smallest absolute Gasteiger partial charge is 0.246 e. The van der Waals surface area contributed by atoms with Crippen molar-refractivity contribution < 1.29 is 13.9 Å². The van der Waals surface area contributed by atoms with Gasteiger partial charge in [-0.25, -0.2) is 14.4 Å². The van der Waals surface area contributed by atoms with Crippen LogP contribution in [0.3, 0.4) is 0 Å². The number of likely N-dealkylation sites (N-methyl/N-ethyl adjacent to an activating group) is 1. The molecule has 2 aromatic heterocycles. The van der Waals surface area contributed by atoms with Crippen molar-refractivity contribution in [2.24, 2.45) is 0 Å². The molecule has 3 N–H and O–H groups in total. The van der Waals surface area contributed by atoms with Crippen molar-refractivity contribution in [2.45, 2.75) is 31.2 Å². The minimum atomic E-state index is -0.345. The van der Waals surface area contributed by atoms with Gasteiger partial charge in [0.2, 0.25) is 5.91 Å². The molecule has 1 aliphatic carbocycles. The van der Waals surface area contributed by atoms with Crippen molar-refractivity contribution in [3.05, 3.63) is 78.5 Å². The number of hydrogen-bond donors (Lipinski definition) is 2. The average Bonchev–Trinajstić information content (AvgIpc) is 3.54. The zero-order valence-electron chi connectivity index (χ0n) is 21.8. The minimum absolute atomic E-state index is 0.0282. The summed E-state index contributed by atoms with van der Waals surface area (Å²) in [5.74, 6) is 1.58. The number of nitrogens with zero attached hydrogens (tertiary/aromatic N) is 4. The SMILES string of the molecule is CNC/C=C/C(=O)N1CC[C@@H](n2c(C3CC3)c(-c3ccc(Oc4cccc(F)c4)cc3)c3c(N)ncnc32)C1. The van der Waals surface area contributed by atoms with Crippen LogP contribution in [0.2, 0.25) is 0 Å². The predicted octanol–water partition coefficient (Wildman–Crippen LogP) is 5.04. The zero-order valence-corrected chi connectivity index (χ0v) is 21.8. The van der Waals surface area contributed by atoms with Crippen LogP contribution >= 0.6 is 0 Å². The summed E-state index contributed by atoms with van der Waals surface area (Å²) in [6.07, 6.45) is 8.05. The van der Waals surface area contributed by atoms with Gasteiger partial charge in [-0.3, -0.25) is 4.79 Å². The minimum Gasteiger partial charge on any atom is -0.457 e. The average molecular weight is 527 g/mol. The number of nitrogens with one attached hydrogen (secondary N) is 1. The molecule has 1 aliphatic heterocycles. The standard InChI is InChI=1S/C30H31FN6O2/c1-33-14-3-6-25(38)36-15-13-22(17-36)37-28(20-7-8-20)26(27-29(32)34-18-35-30(27)37)19-9-11-23(12-10-19)39-24-5-2-4-21(31)16-24/h2-6,9-12,16,18,20,22,33H,7-8,13-15,17H2,1H3,(H2,32,34,35)/b6-3+/t22-/m1/s1. The lowest BCUT2D eigenvalue weighted by atomic mass is 10.0. The van der Waals surface area contributed by atoms with E-state index in [1.54, 1.807) is 18.2 Å². The Bertz CT molecular complexity index is 1540. The summed E-state index contributed by atoms with van der Waals surface area (Å²) in [6.45, 7) is 1.97. The van der Waals surface area contributed by atoms with E-state index in [2.05, 4.69) is 14.9 Å². The number of rotatable bonds is 8. The number of hydrogen-bond acceptors (Lipinski definition) is 6. The molecule has 1 atom stereocenters. The van der Waals surface area contributed by atoms with Gasteiger partial charge in [0, 0.05) is 43.0 Å². The van der Waals surface area contributed by atoms with Crippen molar-refractivity contribution in [1.82, 2.24) is 24.8 Å². The number of aromatic nitrogens is 3. The van der Waals surface area contributed by atoms with E-state index in [0.29, 0.717) is 42.9 Å². The van der Waals surface area contributed by atoms with Crippen LogP contribution in [0.1, 0.15) is 36.9 Å². The molecule has 0 radical (unpaired) electrons. The van der Waals surface area contributed by atoms with Crippen molar-refractivity contribution in [3.8, 4) is 22.6 Å². The number of carbonyl (C=O) groups excluding carboxylic acids is 1. The molecular formula is C30H31FN6O2. The number of carbonyl (C=O) groups is 1. The van der Waals surface area contributed by atoms with E-state index < -0.39 is 0 Å². The highest BCUT2D eigenvalue weighted by Crippen LogP contribution is 2.51. The molecular weight excluding hydrogens is 495 g/mol. The maximum Gasteiger partial charge on any atom is 0.246 e. The summed E-state index contributed by atoms with van der Waals surface area (Å²) >= 11 is 0. The van der Waals surface area contributed by atoms with E-state index in [-0.39, 0.29) is 17.8 Å². The van der Waals surface area contributed by atoms with E-state index in [1.165, 1.54) is 24.2 Å². The first-order chi connectivity index (χ1) is 19.0. The van der Waals surface area contributed by atoms with Crippen LogP contribution in [0.25, 0.3) is 22.2 Å². The molecule has 1 saturated heterocycles. The van der Waals surface area contributed by atoms with Crippen LogP contribution in [0.15, 0.2) is 67.0 Å². The Labute approximate surface area is 226 Å². The zero-order chi connectivity index (χ0) is 26.9. The number of ether oxygens (including phenoxy) is 1. The predicted molar refractivity (Wildman–Crippen MR) is 149 cm³/mol. The van der Waals surface area contributed by atoms with Gasteiger partial charge < -0.3 is 25.3 Å². The second-order valence-corrected chi connectivity index (χ2v) is 10.1. The van der Waals surface area contributed by atoms with Gasteiger partial charge in [0.25, 0.3) is 0 Å². The quantitative estimate of drug-likeness (QED) is 0.312. The Kier molecular flexibility index (Phi) is 6.74. The highest BCUT2D eigenvalue weighted by Gasteiger charge is 2.38. The van der Waals surface area contributed by atoms with Gasteiger partial charge in [-0.1, -0.05) is 24.3 Å². The third-order valence-corrected chi connectivity index (χ3v) is 7.41. The molecule has 200 valence electrons.